The van der Waals surface area contributed by atoms with E-state index >= 15 is 0 Å². The van der Waals surface area contributed by atoms with Crippen molar-refractivity contribution in [2.45, 2.75) is 31.6 Å². The number of nitrogens with one attached hydrogen (secondary N) is 1. The molecule has 0 spiro atoms. The van der Waals surface area contributed by atoms with Crippen molar-refractivity contribution in [3.63, 3.8) is 0 Å². The first kappa shape index (κ1) is 18.8. The topological polar surface area (TPSA) is 92.7 Å². The number of methoxy groups -OCH3 is 1. The van der Waals surface area contributed by atoms with E-state index in [9.17, 15) is 18.3 Å². The fourth-order valence-electron chi connectivity index (χ4n) is 2.63. The van der Waals surface area contributed by atoms with Crippen molar-refractivity contribution >= 4 is 21.7 Å². The van der Waals surface area contributed by atoms with Gasteiger partial charge in [-0.1, -0.05) is 26.0 Å². The van der Waals surface area contributed by atoms with E-state index in [-0.39, 0.29) is 27.8 Å². The highest BCUT2D eigenvalue weighted by molar-refractivity contribution is 7.92. The molecule has 0 aliphatic rings. The summed E-state index contributed by atoms with van der Waals surface area (Å²) in [6.07, 6.45) is 0. The van der Waals surface area contributed by atoms with Crippen LogP contribution in [0.2, 0.25) is 0 Å². The molecule has 0 aromatic heterocycles. The Labute approximate surface area is 147 Å². The van der Waals surface area contributed by atoms with Gasteiger partial charge in [0.2, 0.25) is 0 Å². The first-order chi connectivity index (χ1) is 11.7. The number of aryl methyl sites for hydroxylation is 1. The molecule has 0 bridgehead atoms. The average molecular weight is 363 g/mol. The second-order valence-electron chi connectivity index (χ2n) is 5.97. The van der Waals surface area contributed by atoms with Crippen LogP contribution in [0.1, 0.15) is 41.3 Å². The minimum atomic E-state index is -4.02. The monoisotopic (exact) mass is 363 g/mol. The van der Waals surface area contributed by atoms with Gasteiger partial charge in [-0.05, 0) is 48.2 Å². The molecular formula is C18H21NO5S. The van der Waals surface area contributed by atoms with Crippen LogP contribution < -0.4 is 9.46 Å². The van der Waals surface area contributed by atoms with Gasteiger partial charge in [0.15, 0.2) is 0 Å². The summed E-state index contributed by atoms with van der Waals surface area (Å²) in [5.74, 6) is -0.870. The summed E-state index contributed by atoms with van der Waals surface area (Å²) in [5, 5.41) is 9.23. The SMILES string of the molecule is COc1cc(C)c(C(C)C)cc1S(=O)(=O)Nc1ccccc1C(=O)O. The zero-order valence-corrected chi connectivity index (χ0v) is 15.3. The van der Waals surface area contributed by atoms with Crippen molar-refractivity contribution in [2.24, 2.45) is 0 Å². The highest BCUT2D eigenvalue weighted by Crippen LogP contribution is 2.32. The molecule has 0 heterocycles. The third kappa shape index (κ3) is 3.93. The Kier molecular flexibility index (Phi) is 5.37. The van der Waals surface area contributed by atoms with Crippen molar-refractivity contribution in [3.8, 4) is 5.75 Å². The van der Waals surface area contributed by atoms with E-state index in [4.69, 9.17) is 4.74 Å². The number of para-hydroxylation sites is 1. The van der Waals surface area contributed by atoms with Crippen molar-refractivity contribution < 1.29 is 23.1 Å². The molecule has 2 aromatic rings. The maximum absolute atomic E-state index is 12.9. The normalized spacial score (nSPS) is 11.4. The Morgan fingerprint density at radius 3 is 2.40 bits per heavy atom. The van der Waals surface area contributed by atoms with Crippen LogP contribution >= 0.6 is 0 Å². The summed E-state index contributed by atoms with van der Waals surface area (Å²) in [6, 6.07) is 9.09. The first-order valence-electron chi connectivity index (χ1n) is 7.71. The molecule has 0 aliphatic heterocycles. The molecule has 0 saturated carbocycles. The van der Waals surface area contributed by atoms with Crippen LogP contribution in [0.5, 0.6) is 5.75 Å². The number of carbonyl (C=O) groups is 1. The first-order valence-corrected chi connectivity index (χ1v) is 9.19. The minimum absolute atomic E-state index is 0.00345. The van der Waals surface area contributed by atoms with Crippen molar-refractivity contribution in [1.29, 1.82) is 0 Å². The second-order valence-corrected chi connectivity index (χ2v) is 7.62. The summed E-state index contributed by atoms with van der Waals surface area (Å²) >= 11 is 0. The van der Waals surface area contributed by atoms with Gasteiger partial charge in [-0.2, -0.15) is 0 Å². The molecule has 2 rings (SSSR count). The van der Waals surface area contributed by atoms with Gasteiger partial charge in [0.1, 0.15) is 10.6 Å². The van der Waals surface area contributed by atoms with Gasteiger partial charge in [0, 0.05) is 0 Å². The van der Waals surface area contributed by atoms with E-state index in [1.807, 2.05) is 20.8 Å². The van der Waals surface area contributed by atoms with E-state index in [1.54, 1.807) is 18.2 Å². The molecule has 0 amide bonds. The Hall–Kier alpha value is -2.54. The maximum Gasteiger partial charge on any atom is 0.337 e. The maximum atomic E-state index is 12.9. The largest absolute Gasteiger partial charge is 0.495 e. The molecule has 0 fully saturated rings. The van der Waals surface area contributed by atoms with Crippen LogP contribution in [0.15, 0.2) is 41.3 Å². The molecule has 0 unspecified atom stereocenters. The minimum Gasteiger partial charge on any atom is -0.495 e. The zero-order chi connectivity index (χ0) is 18.8. The predicted octanol–water partition coefficient (Wildman–Crippen LogP) is 3.63. The summed E-state index contributed by atoms with van der Waals surface area (Å²) in [7, 11) is -2.63. The van der Waals surface area contributed by atoms with Gasteiger partial charge < -0.3 is 9.84 Å². The fourth-order valence-corrected chi connectivity index (χ4v) is 3.89. The van der Waals surface area contributed by atoms with Gasteiger partial charge in [-0.25, -0.2) is 13.2 Å². The van der Waals surface area contributed by atoms with Crippen molar-refractivity contribution in [1.82, 2.24) is 0 Å². The van der Waals surface area contributed by atoms with Crippen molar-refractivity contribution in [3.05, 3.63) is 53.1 Å². The molecule has 0 radical (unpaired) electrons. The molecular weight excluding hydrogens is 342 g/mol. The summed E-state index contributed by atoms with van der Waals surface area (Å²) < 4.78 is 33.3. The van der Waals surface area contributed by atoms with E-state index in [1.165, 1.54) is 25.3 Å². The van der Waals surface area contributed by atoms with Gasteiger partial charge in [0.25, 0.3) is 10.0 Å². The van der Waals surface area contributed by atoms with Crippen LogP contribution in [0.4, 0.5) is 5.69 Å². The molecule has 0 aliphatic carbocycles. The lowest BCUT2D eigenvalue weighted by molar-refractivity contribution is 0.0698. The zero-order valence-electron chi connectivity index (χ0n) is 14.5. The lowest BCUT2D eigenvalue weighted by atomic mass is 9.98. The van der Waals surface area contributed by atoms with Crippen LogP contribution in [0, 0.1) is 6.92 Å². The third-order valence-electron chi connectivity index (χ3n) is 3.87. The lowest BCUT2D eigenvalue weighted by Gasteiger charge is -2.17. The molecule has 6 nitrogen and oxygen atoms in total. The number of benzene rings is 2. The van der Waals surface area contributed by atoms with Crippen LogP contribution in [-0.4, -0.2) is 26.6 Å². The van der Waals surface area contributed by atoms with Gasteiger partial charge >= 0.3 is 5.97 Å². The number of ether oxygens (including phenoxy) is 1. The smallest absolute Gasteiger partial charge is 0.337 e. The van der Waals surface area contributed by atoms with E-state index in [2.05, 4.69) is 4.72 Å². The molecule has 0 saturated heterocycles. The molecule has 134 valence electrons. The number of carboxylic acids is 1. The predicted molar refractivity (Wildman–Crippen MR) is 96.0 cm³/mol. The highest BCUT2D eigenvalue weighted by Gasteiger charge is 2.24. The molecule has 2 N–H and O–H groups in total. The fraction of sp³-hybridized carbons (Fsp3) is 0.278. The van der Waals surface area contributed by atoms with Gasteiger partial charge in [0.05, 0.1) is 18.4 Å². The molecule has 25 heavy (non-hydrogen) atoms. The molecule has 2 aromatic carbocycles. The lowest BCUT2D eigenvalue weighted by Crippen LogP contribution is -2.17. The Morgan fingerprint density at radius 1 is 1.20 bits per heavy atom. The third-order valence-corrected chi connectivity index (χ3v) is 5.25. The van der Waals surface area contributed by atoms with Crippen molar-refractivity contribution in [2.75, 3.05) is 11.8 Å². The van der Waals surface area contributed by atoms with Gasteiger partial charge in [-0.3, -0.25) is 4.72 Å². The van der Waals surface area contributed by atoms with E-state index in [0.29, 0.717) is 0 Å². The standard InChI is InChI=1S/C18H21NO5S/c1-11(2)14-10-17(16(24-4)9-12(14)3)25(22,23)19-15-8-6-5-7-13(15)18(20)21/h5-11,19H,1-4H3,(H,20,21). The number of hydrogen-bond acceptors (Lipinski definition) is 4. The van der Waals surface area contributed by atoms with Crippen LogP contribution in [0.3, 0.4) is 0 Å². The summed E-state index contributed by atoms with van der Waals surface area (Å²) in [6.45, 7) is 5.83. The van der Waals surface area contributed by atoms with E-state index < -0.39 is 16.0 Å². The van der Waals surface area contributed by atoms with Crippen LogP contribution in [-0.2, 0) is 10.0 Å². The number of hydrogen-bond donors (Lipinski definition) is 2. The highest BCUT2D eigenvalue weighted by atomic mass is 32.2. The number of rotatable bonds is 6. The number of carboxylic acid groups (broad SMARTS) is 1. The van der Waals surface area contributed by atoms with Crippen LogP contribution in [0.25, 0.3) is 0 Å². The quantitative estimate of drug-likeness (QED) is 0.817. The Morgan fingerprint density at radius 2 is 1.84 bits per heavy atom. The summed E-state index contributed by atoms with van der Waals surface area (Å²) in [5.41, 5.74) is 1.69. The molecule has 7 heteroatoms. The Balaban J connectivity index is 2.57. The average Bonchev–Trinajstić information content (AvgIpc) is 2.53. The molecule has 0 atom stereocenters. The Bertz CT molecular complexity index is 904. The number of anilines is 1. The van der Waals surface area contributed by atoms with E-state index in [0.717, 1.165) is 11.1 Å². The second kappa shape index (κ2) is 7.14. The number of sulfonamides is 1. The number of aromatic carboxylic acids is 1. The summed E-state index contributed by atoms with van der Waals surface area (Å²) in [4.78, 5) is 11.3. The van der Waals surface area contributed by atoms with Gasteiger partial charge in [-0.15, -0.1) is 0 Å².